The van der Waals surface area contributed by atoms with Crippen molar-refractivity contribution in [2.24, 2.45) is 0 Å². The first-order chi connectivity index (χ1) is 16.2. The zero-order valence-electron chi connectivity index (χ0n) is 18.5. The summed E-state index contributed by atoms with van der Waals surface area (Å²) in [6, 6.07) is 25.0. The van der Waals surface area contributed by atoms with Crippen molar-refractivity contribution >= 4 is 34.5 Å². The van der Waals surface area contributed by atoms with Crippen LogP contribution in [0.1, 0.15) is 28.4 Å². The van der Waals surface area contributed by atoms with Crippen molar-refractivity contribution in [3.8, 4) is 0 Å². The third-order valence-electron chi connectivity index (χ3n) is 6.11. The summed E-state index contributed by atoms with van der Waals surface area (Å²) in [7, 11) is 0. The molecule has 3 aromatic carbocycles. The highest BCUT2D eigenvalue weighted by molar-refractivity contribution is 6.13. The second-order valence-electron chi connectivity index (χ2n) is 8.10. The van der Waals surface area contributed by atoms with Gasteiger partial charge in [-0.2, -0.15) is 0 Å². The van der Waals surface area contributed by atoms with Gasteiger partial charge in [-0.15, -0.1) is 0 Å². The number of amides is 2. The SMILES string of the molecule is CCn1cc(C=C(NC(=O)c2ccccc2)C(=O)N2CCc3ccccc32)c2ccccc21. The number of carbonyl (C=O) groups excluding carboxylic acids is 2. The Bertz CT molecular complexity index is 1370. The van der Waals surface area contributed by atoms with Crippen LogP contribution in [0, 0.1) is 0 Å². The fourth-order valence-corrected chi connectivity index (χ4v) is 4.44. The Morgan fingerprint density at radius 2 is 1.67 bits per heavy atom. The first-order valence-electron chi connectivity index (χ1n) is 11.2. The molecule has 164 valence electrons. The van der Waals surface area contributed by atoms with Gasteiger partial charge in [0, 0.05) is 47.0 Å². The molecule has 0 fully saturated rings. The molecule has 2 heterocycles. The molecular formula is C28H25N3O2. The number of para-hydroxylation sites is 2. The summed E-state index contributed by atoms with van der Waals surface area (Å²) in [5, 5.41) is 3.95. The number of nitrogens with zero attached hydrogens (tertiary/aromatic N) is 2. The molecule has 5 heteroatoms. The van der Waals surface area contributed by atoms with Gasteiger partial charge in [0.2, 0.25) is 0 Å². The largest absolute Gasteiger partial charge is 0.347 e. The number of benzene rings is 3. The van der Waals surface area contributed by atoms with Crippen LogP contribution in [0.25, 0.3) is 17.0 Å². The molecule has 1 aliphatic rings. The fourth-order valence-electron chi connectivity index (χ4n) is 4.44. The van der Waals surface area contributed by atoms with Gasteiger partial charge in [0.05, 0.1) is 0 Å². The standard InChI is InChI=1S/C28H25N3O2/c1-2-30-19-22(23-13-7-9-15-26(23)30)18-24(29-27(32)21-11-4-3-5-12-21)28(33)31-17-16-20-10-6-8-14-25(20)31/h3-15,18-19H,2,16-17H2,1H3,(H,29,32). The van der Waals surface area contributed by atoms with E-state index in [1.807, 2.05) is 66.9 Å². The van der Waals surface area contributed by atoms with Crippen molar-refractivity contribution in [3.63, 3.8) is 0 Å². The third kappa shape index (κ3) is 3.94. The molecule has 33 heavy (non-hydrogen) atoms. The van der Waals surface area contributed by atoms with E-state index in [9.17, 15) is 9.59 Å². The lowest BCUT2D eigenvalue weighted by Crippen LogP contribution is -2.37. The Labute approximate surface area is 193 Å². The molecule has 1 N–H and O–H groups in total. The van der Waals surface area contributed by atoms with Crippen molar-refractivity contribution in [1.29, 1.82) is 0 Å². The molecule has 0 saturated heterocycles. The zero-order chi connectivity index (χ0) is 22.8. The van der Waals surface area contributed by atoms with Crippen LogP contribution in [-0.2, 0) is 17.8 Å². The van der Waals surface area contributed by atoms with Crippen LogP contribution >= 0.6 is 0 Å². The normalized spacial score (nSPS) is 13.2. The van der Waals surface area contributed by atoms with Crippen molar-refractivity contribution < 1.29 is 9.59 Å². The Morgan fingerprint density at radius 3 is 2.48 bits per heavy atom. The van der Waals surface area contributed by atoms with Crippen LogP contribution in [0.5, 0.6) is 0 Å². The highest BCUT2D eigenvalue weighted by atomic mass is 16.2. The predicted octanol–water partition coefficient (Wildman–Crippen LogP) is 5.02. The first kappa shape index (κ1) is 20.8. The first-order valence-corrected chi connectivity index (χ1v) is 11.2. The molecule has 4 aromatic rings. The molecule has 0 unspecified atom stereocenters. The number of fused-ring (bicyclic) bond motifs is 2. The monoisotopic (exact) mass is 435 g/mol. The van der Waals surface area contributed by atoms with E-state index in [2.05, 4.69) is 22.9 Å². The minimum atomic E-state index is -0.304. The molecule has 0 radical (unpaired) electrons. The molecule has 0 spiro atoms. The summed E-state index contributed by atoms with van der Waals surface area (Å²) in [5.74, 6) is -0.514. The summed E-state index contributed by atoms with van der Waals surface area (Å²) < 4.78 is 2.15. The van der Waals surface area contributed by atoms with Gasteiger partial charge >= 0.3 is 0 Å². The number of aromatic nitrogens is 1. The maximum atomic E-state index is 13.7. The lowest BCUT2D eigenvalue weighted by atomic mass is 10.1. The van der Waals surface area contributed by atoms with E-state index in [1.54, 1.807) is 23.1 Å². The Kier molecular flexibility index (Phi) is 5.53. The van der Waals surface area contributed by atoms with Crippen LogP contribution in [0.2, 0.25) is 0 Å². The van der Waals surface area contributed by atoms with Crippen molar-refractivity contribution in [2.75, 3.05) is 11.4 Å². The van der Waals surface area contributed by atoms with Gasteiger partial charge in [-0.05, 0) is 49.2 Å². The van der Waals surface area contributed by atoms with Crippen molar-refractivity contribution in [1.82, 2.24) is 9.88 Å². The van der Waals surface area contributed by atoms with Gasteiger partial charge in [-0.3, -0.25) is 9.59 Å². The third-order valence-corrected chi connectivity index (χ3v) is 6.11. The van der Waals surface area contributed by atoms with Gasteiger partial charge in [0.15, 0.2) is 0 Å². The number of nitrogens with one attached hydrogen (secondary N) is 1. The molecule has 5 nitrogen and oxygen atoms in total. The van der Waals surface area contributed by atoms with Gasteiger partial charge < -0.3 is 14.8 Å². The lowest BCUT2D eigenvalue weighted by Gasteiger charge is -2.20. The molecule has 1 aliphatic heterocycles. The fraction of sp³-hybridized carbons (Fsp3) is 0.143. The second-order valence-corrected chi connectivity index (χ2v) is 8.10. The molecule has 1 aromatic heterocycles. The van der Waals surface area contributed by atoms with Gasteiger partial charge in [-0.25, -0.2) is 0 Å². The lowest BCUT2D eigenvalue weighted by molar-refractivity contribution is -0.115. The summed E-state index contributed by atoms with van der Waals surface area (Å²) in [6.07, 6.45) is 4.64. The number of rotatable bonds is 5. The van der Waals surface area contributed by atoms with Crippen LogP contribution in [0.15, 0.2) is 90.8 Å². The molecular weight excluding hydrogens is 410 g/mol. The molecule has 2 amide bonds. The minimum absolute atomic E-state index is 0.211. The summed E-state index contributed by atoms with van der Waals surface area (Å²) in [6.45, 7) is 3.49. The van der Waals surface area contributed by atoms with Gasteiger partial charge in [0.1, 0.15) is 5.70 Å². The van der Waals surface area contributed by atoms with E-state index in [0.29, 0.717) is 12.1 Å². The summed E-state index contributed by atoms with van der Waals surface area (Å²) >= 11 is 0. The average molecular weight is 436 g/mol. The number of anilines is 1. The van der Waals surface area contributed by atoms with E-state index < -0.39 is 0 Å². The van der Waals surface area contributed by atoms with Gasteiger partial charge in [-0.1, -0.05) is 54.6 Å². The van der Waals surface area contributed by atoms with E-state index in [0.717, 1.165) is 40.7 Å². The van der Waals surface area contributed by atoms with E-state index in [1.165, 1.54) is 0 Å². The second kappa shape index (κ2) is 8.79. The Morgan fingerprint density at radius 1 is 0.939 bits per heavy atom. The number of hydrogen-bond donors (Lipinski definition) is 1. The summed E-state index contributed by atoms with van der Waals surface area (Å²) in [5.41, 5.74) is 4.81. The van der Waals surface area contributed by atoms with Crippen LogP contribution in [0.4, 0.5) is 5.69 Å². The molecule has 0 atom stereocenters. The van der Waals surface area contributed by atoms with Crippen molar-refractivity contribution in [2.45, 2.75) is 19.9 Å². The van der Waals surface area contributed by atoms with E-state index in [-0.39, 0.29) is 17.5 Å². The number of carbonyl (C=O) groups is 2. The number of hydrogen-bond acceptors (Lipinski definition) is 2. The predicted molar refractivity (Wildman–Crippen MR) is 132 cm³/mol. The number of aryl methyl sites for hydroxylation is 1. The molecule has 0 aliphatic carbocycles. The van der Waals surface area contributed by atoms with Crippen LogP contribution in [0.3, 0.4) is 0 Å². The molecule has 0 bridgehead atoms. The van der Waals surface area contributed by atoms with Crippen LogP contribution < -0.4 is 10.2 Å². The molecule has 0 saturated carbocycles. The molecule has 5 rings (SSSR count). The highest BCUT2D eigenvalue weighted by Gasteiger charge is 2.28. The van der Waals surface area contributed by atoms with Crippen LogP contribution in [-0.4, -0.2) is 22.9 Å². The Hall–Kier alpha value is -4.12. The zero-order valence-corrected chi connectivity index (χ0v) is 18.5. The van der Waals surface area contributed by atoms with Crippen molar-refractivity contribution in [3.05, 3.63) is 107 Å². The van der Waals surface area contributed by atoms with Gasteiger partial charge in [0.25, 0.3) is 11.8 Å². The quantitative estimate of drug-likeness (QED) is 0.448. The Balaban J connectivity index is 1.58. The van der Waals surface area contributed by atoms with E-state index in [4.69, 9.17) is 0 Å². The topological polar surface area (TPSA) is 54.3 Å². The highest BCUT2D eigenvalue weighted by Crippen LogP contribution is 2.29. The maximum Gasteiger partial charge on any atom is 0.274 e. The van der Waals surface area contributed by atoms with E-state index >= 15 is 0 Å². The summed E-state index contributed by atoms with van der Waals surface area (Å²) in [4.78, 5) is 28.5. The average Bonchev–Trinajstić information content (AvgIpc) is 3.45. The smallest absolute Gasteiger partial charge is 0.274 e. The maximum absolute atomic E-state index is 13.7. The minimum Gasteiger partial charge on any atom is -0.347 e.